The van der Waals surface area contributed by atoms with Gasteiger partial charge in [0, 0.05) is 35.9 Å². The Labute approximate surface area is 107 Å². The van der Waals surface area contributed by atoms with Gasteiger partial charge in [0.1, 0.15) is 0 Å². The van der Waals surface area contributed by atoms with E-state index < -0.39 is 0 Å². The first-order valence-corrected chi connectivity index (χ1v) is 6.51. The molecule has 0 radical (unpaired) electrons. The fourth-order valence-electron chi connectivity index (χ4n) is 2.67. The number of aliphatic hydroxyl groups is 1. The van der Waals surface area contributed by atoms with Gasteiger partial charge < -0.3 is 9.67 Å². The van der Waals surface area contributed by atoms with E-state index in [0.29, 0.717) is 0 Å². The van der Waals surface area contributed by atoms with Gasteiger partial charge in [-0.3, -0.25) is 4.98 Å². The van der Waals surface area contributed by atoms with Gasteiger partial charge in [-0.1, -0.05) is 6.07 Å². The zero-order valence-corrected chi connectivity index (χ0v) is 10.6. The van der Waals surface area contributed by atoms with E-state index in [9.17, 15) is 5.11 Å². The quantitative estimate of drug-likeness (QED) is 0.879. The minimum atomic E-state index is -0.272. The van der Waals surface area contributed by atoms with Crippen LogP contribution in [-0.2, 0) is 13.0 Å². The second-order valence-electron chi connectivity index (χ2n) is 5.06. The van der Waals surface area contributed by atoms with Gasteiger partial charge in [0.25, 0.3) is 0 Å². The Balaban J connectivity index is 1.87. The lowest BCUT2D eigenvalue weighted by molar-refractivity contribution is 0.156. The molecule has 0 fully saturated rings. The largest absolute Gasteiger partial charge is 0.388 e. The van der Waals surface area contributed by atoms with Crippen molar-refractivity contribution in [3.05, 3.63) is 53.1 Å². The van der Waals surface area contributed by atoms with Gasteiger partial charge in [-0.05, 0) is 43.9 Å². The molecule has 3 nitrogen and oxygen atoms in total. The Morgan fingerprint density at radius 2 is 2.28 bits per heavy atom. The Bertz CT molecular complexity index is 542. The number of rotatable bonds is 2. The molecule has 1 N–H and O–H groups in total. The van der Waals surface area contributed by atoms with Crippen LogP contribution >= 0.6 is 0 Å². The number of aliphatic hydroxyl groups excluding tert-OH is 1. The maximum atomic E-state index is 9.95. The first-order chi connectivity index (χ1) is 8.74. The number of fused-ring (bicyclic) bond motifs is 1. The van der Waals surface area contributed by atoms with Crippen LogP contribution < -0.4 is 0 Å². The lowest BCUT2D eigenvalue weighted by Crippen LogP contribution is -2.12. The van der Waals surface area contributed by atoms with E-state index in [2.05, 4.69) is 27.9 Å². The molecule has 1 aliphatic carbocycles. The third-order valence-corrected chi connectivity index (χ3v) is 3.69. The van der Waals surface area contributed by atoms with Gasteiger partial charge in [0.2, 0.25) is 0 Å². The van der Waals surface area contributed by atoms with Crippen LogP contribution in [0.15, 0.2) is 30.6 Å². The minimum Gasteiger partial charge on any atom is -0.388 e. The molecular formula is C15H18N2O. The molecule has 3 rings (SSSR count). The van der Waals surface area contributed by atoms with E-state index in [4.69, 9.17) is 0 Å². The molecule has 2 aromatic heterocycles. The maximum Gasteiger partial charge on any atom is 0.0807 e. The molecule has 1 atom stereocenters. The summed E-state index contributed by atoms with van der Waals surface area (Å²) in [6, 6.07) is 6.22. The highest BCUT2D eigenvalue weighted by molar-refractivity contribution is 5.28. The summed E-state index contributed by atoms with van der Waals surface area (Å²) in [7, 11) is 0. The van der Waals surface area contributed by atoms with Gasteiger partial charge in [-0.15, -0.1) is 0 Å². The van der Waals surface area contributed by atoms with E-state index in [1.54, 1.807) is 0 Å². The lowest BCUT2D eigenvalue weighted by Gasteiger charge is -2.20. The number of hydrogen-bond donors (Lipinski definition) is 1. The van der Waals surface area contributed by atoms with Crippen molar-refractivity contribution in [3.63, 3.8) is 0 Å². The smallest absolute Gasteiger partial charge is 0.0807 e. The van der Waals surface area contributed by atoms with E-state index in [0.717, 1.165) is 37.1 Å². The third kappa shape index (κ3) is 2.06. The molecule has 1 unspecified atom stereocenters. The van der Waals surface area contributed by atoms with Gasteiger partial charge >= 0.3 is 0 Å². The summed E-state index contributed by atoms with van der Waals surface area (Å²) in [5, 5.41) is 9.95. The average molecular weight is 242 g/mol. The molecular weight excluding hydrogens is 224 g/mol. The van der Waals surface area contributed by atoms with E-state index in [-0.39, 0.29) is 6.10 Å². The molecule has 0 spiro atoms. The van der Waals surface area contributed by atoms with Crippen molar-refractivity contribution in [2.45, 2.75) is 38.8 Å². The van der Waals surface area contributed by atoms with Gasteiger partial charge in [-0.2, -0.15) is 0 Å². The van der Waals surface area contributed by atoms with Crippen molar-refractivity contribution in [2.75, 3.05) is 0 Å². The second-order valence-corrected chi connectivity index (χ2v) is 5.06. The second kappa shape index (κ2) is 4.58. The summed E-state index contributed by atoms with van der Waals surface area (Å²) in [5.74, 6) is 0. The van der Waals surface area contributed by atoms with Crippen LogP contribution in [0.3, 0.4) is 0 Å². The first kappa shape index (κ1) is 11.5. The Morgan fingerprint density at radius 3 is 3.06 bits per heavy atom. The molecule has 0 saturated carbocycles. The molecule has 0 saturated heterocycles. The lowest BCUT2D eigenvalue weighted by atomic mass is 9.95. The van der Waals surface area contributed by atoms with Crippen LogP contribution in [0, 0.1) is 6.92 Å². The SMILES string of the molecule is Cc1ccc(Cn2ccc3c2CCCC3O)cn1. The summed E-state index contributed by atoms with van der Waals surface area (Å²) < 4.78 is 2.24. The van der Waals surface area contributed by atoms with Gasteiger partial charge in [-0.25, -0.2) is 0 Å². The molecule has 2 heterocycles. The van der Waals surface area contributed by atoms with E-state index in [1.165, 1.54) is 11.3 Å². The fourth-order valence-corrected chi connectivity index (χ4v) is 2.67. The molecule has 18 heavy (non-hydrogen) atoms. The van der Waals surface area contributed by atoms with Crippen LogP contribution in [-0.4, -0.2) is 14.7 Å². The standard InChI is InChI=1S/C15H18N2O/c1-11-5-6-12(9-16-11)10-17-8-7-13-14(17)3-2-4-15(13)18/h5-9,15,18H,2-4,10H2,1H3. The van der Waals surface area contributed by atoms with Crippen molar-refractivity contribution in [3.8, 4) is 0 Å². The van der Waals surface area contributed by atoms with Gasteiger partial charge in [0.05, 0.1) is 6.10 Å². The zero-order chi connectivity index (χ0) is 12.5. The van der Waals surface area contributed by atoms with E-state index in [1.807, 2.05) is 19.2 Å². The van der Waals surface area contributed by atoms with Crippen molar-refractivity contribution in [1.82, 2.24) is 9.55 Å². The summed E-state index contributed by atoms with van der Waals surface area (Å²) in [4.78, 5) is 4.32. The minimum absolute atomic E-state index is 0.272. The molecule has 3 heteroatoms. The van der Waals surface area contributed by atoms with E-state index >= 15 is 0 Å². The monoisotopic (exact) mass is 242 g/mol. The molecule has 0 aliphatic heterocycles. The number of pyridine rings is 1. The molecule has 2 aromatic rings. The van der Waals surface area contributed by atoms with Gasteiger partial charge in [0.15, 0.2) is 0 Å². The highest BCUT2D eigenvalue weighted by Crippen LogP contribution is 2.30. The van der Waals surface area contributed by atoms with Crippen LogP contribution in [0.2, 0.25) is 0 Å². The Hall–Kier alpha value is -1.61. The highest BCUT2D eigenvalue weighted by Gasteiger charge is 2.20. The summed E-state index contributed by atoms with van der Waals surface area (Å²) >= 11 is 0. The fraction of sp³-hybridized carbons (Fsp3) is 0.400. The van der Waals surface area contributed by atoms with Crippen molar-refractivity contribution in [1.29, 1.82) is 0 Å². The molecule has 0 aromatic carbocycles. The van der Waals surface area contributed by atoms with Crippen molar-refractivity contribution < 1.29 is 5.11 Å². The Kier molecular flexibility index (Phi) is 2.92. The topological polar surface area (TPSA) is 38.0 Å². The molecule has 0 bridgehead atoms. The first-order valence-electron chi connectivity index (χ1n) is 6.51. The number of hydrogen-bond acceptors (Lipinski definition) is 2. The summed E-state index contributed by atoms with van der Waals surface area (Å²) in [6.45, 7) is 2.84. The molecule has 0 amide bonds. The predicted molar refractivity (Wildman–Crippen MR) is 70.4 cm³/mol. The van der Waals surface area contributed by atoms with Crippen LogP contribution in [0.4, 0.5) is 0 Å². The number of nitrogens with zero attached hydrogens (tertiary/aromatic N) is 2. The number of aryl methyl sites for hydroxylation is 1. The van der Waals surface area contributed by atoms with Crippen LogP contribution in [0.25, 0.3) is 0 Å². The zero-order valence-electron chi connectivity index (χ0n) is 10.6. The van der Waals surface area contributed by atoms with Crippen molar-refractivity contribution >= 4 is 0 Å². The summed E-state index contributed by atoms with van der Waals surface area (Å²) in [5.41, 5.74) is 4.65. The third-order valence-electron chi connectivity index (χ3n) is 3.69. The summed E-state index contributed by atoms with van der Waals surface area (Å²) in [6.07, 6.45) is 6.78. The average Bonchev–Trinajstić information content (AvgIpc) is 2.77. The molecule has 94 valence electrons. The normalized spacial score (nSPS) is 18.7. The predicted octanol–water partition coefficient (Wildman–Crippen LogP) is 2.61. The number of aromatic nitrogens is 2. The highest BCUT2D eigenvalue weighted by atomic mass is 16.3. The maximum absolute atomic E-state index is 9.95. The van der Waals surface area contributed by atoms with Crippen molar-refractivity contribution in [2.24, 2.45) is 0 Å². The van der Waals surface area contributed by atoms with Crippen LogP contribution in [0.5, 0.6) is 0 Å². The molecule has 1 aliphatic rings. The Morgan fingerprint density at radius 1 is 1.39 bits per heavy atom. The van der Waals surface area contributed by atoms with Crippen LogP contribution in [0.1, 0.15) is 41.5 Å².